The van der Waals surface area contributed by atoms with Gasteiger partial charge in [0, 0.05) is 19.4 Å². The zero-order valence-corrected chi connectivity index (χ0v) is 12.3. The standard InChI is InChI=1S/C14H11IOS/c1-17-14-11-7-6-9-4-2-3-5-10(9)13(11)16-8-12(14)15/h2-7H,8H2,1H3. The molecule has 1 heterocycles. The predicted octanol–water partition coefficient (Wildman–Crippen LogP) is 4.70. The summed E-state index contributed by atoms with van der Waals surface area (Å²) < 4.78 is 7.19. The average Bonchev–Trinajstić information content (AvgIpc) is 2.38. The molecular weight excluding hydrogens is 343 g/mol. The van der Waals surface area contributed by atoms with Crippen molar-refractivity contribution in [2.24, 2.45) is 0 Å². The molecule has 1 aliphatic rings. The zero-order valence-electron chi connectivity index (χ0n) is 9.37. The number of ether oxygens (including phenoxy) is 1. The monoisotopic (exact) mass is 354 g/mol. The Morgan fingerprint density at radius 2 is 2.00 bits per heavy atom. The van der Waals surface area contributed by atoms with E-state index in [1.54, 1.807) is 11.8 Å². The largest absolute Gasteiger partial charge is 0.487 e. The maximum absolute atomic E-state index is 5.90. The fourth-order valence-corrected chi connectivity index (χ4v) is 3.91. The Morgan fingerprint density at radius 3 is 2.82 bits per heavy atom. The molecule has 0 aliphatic carbocycles. The summed E-state index contributed by atoms with van der Waals surface area (Å²) in [7, 11) is 0. The molecule has 0 spiro atoms. The van der Waals surface area contributed by atoms with Gasteiger partial charge in [-0.05, 0) is 40.3 Å². The number of rotatable bonds is 1. The van der Waals surface area contributed by atoms with Gasteiger partial charge in [-0.25, -0.2) is 0 Å². The van der Waals surface area contributed by atoms with E-state index < -0.39 is 0 Å². The number of hydrogen-bond donors (Lipinski definition) is 0. The van der Waals surface area contributed by atoms with E-state index in [2.05, 4.69) is 65.2 Å². The molecule has 0 unspecified atom stereocenters. The van der Waals surface area contributed by atoms with Crippen molar-refractivity contribution in [3.8, 4) is 5.75 Å². The molecule has 1 aliphatic heterocycles. The summed E-state index contributed by atoms with van der Waals surface area (Å²) in [5.41, 5.74) is 1.23. The number of benzene rings is 2. The Bertz CT molecular complexity index is 619. The molecule has 0 saturated carbocycles. The topological polar surface area (TPSA) is 9.23 Å². The smallest absolute Gasteiger partial charge is 0.136 e. The molecule has 3 heteroatoms. The summed E-state index contributed by atoms with van der Waals surface area (Å²) in [6.45, 7) is 0.692. The van der Waals surface area contributed by atoms with Crippen LogP contribution in [0.2, 0.25) is 0 Å². The lowest BCUT2D eigenvalue weighted by Gasteiger charge is -2.21. The second-order valence-corrected chi connectivity index (χ2v) is 6.01. The van der Waals surface area contributed by atoms with Crippen molar-refractivity contribution in [3.63, 3.8) is 0 Å². The fraction of sp³-hybridized carbons (Fsp3) is 0.143. The summed E-state index contributed by atoms with van der Waals surface area (Å²) in [4.78, 5) is 1.35. The Morgan fingerprint density at radius 1 is 1.18 bits per heavy atom. The van der Waals surface area contributed by atoms with Gasteiger partial charge in [0.25, 0.3) is 0 Å². The van der Waals surface area contributed by atoms with Gasteiger partial charge in [-0.1, -0.05) is 30.3 Å². The molecule has 0 bridgehead atoms. The predicted molar refractivity (Wildman–Crippen MR) is 83.9 cm³/mol. The fourth-order valence-electron chi connectivity index (χ4n) is 2.15. The van der Waals surface area contributed by atoms with Crippen molar-refractivity contribution in [2.75, 3.05) is 12.9 Å². The van der Waals surface area contributed by atoms with Crippen LogP contribution in [0.5, 0.6) is 5.75 Å². The molecule has 0 saturated heterocycles. The lowest BCUT2D eigenvalue weighted by atomic mass is 10.0. The van der Waals surface area contributed by atoms with Crippen LogP contribution in [0.15, 0.2) is 40.0 Å². The molecule has 17 heavy (non-hydrogen) atoms. The molecule has 0 amide bonds. The third-order valence-electron chi connectivity index (χ3n) is 2.92. The molecule has 1 nitrogen and oxygen atoms in total. The third kappa shape index (κ3) is 1.85. The minimum absolute atomic E-state index is 0.692. The van der Waals surface area contributed by atoms with Gasteiger partial charge in [-0.2, -0.15) is 0 Å². The van der Waals surface area contributed by atoms with E-state index in [9.17, 15) is 0 Å². The van der Waals surface area contributed by atoms with E-state index >= 15 is 0 Å². The Labute approximate surface area is 118 Å². The SMILES string of the molecule is CSC1=C(I)COc2c1ccc1ccccc21. The summed E-state index contributed by atoms with van der Waals surface area (Å²) in [5, 5.41) is 2.45. The van der Waals surface area contributed by atoms with E-state index in [4.69, 9.17) is 4.74 Å². The van der Waals surface area contributed by atoms with E-state index in [0.29, 0.717) is 6.61 Å². The second-order valence-electron chi connectivity index (χ2n) is 3.89. The van der Waals surface area contributed by atoms with Crippen molar-refractivity contribution < 1.29 is 4.74 Å². The lowest BCUT2D eigenvalue weighted by Crippen LogP contribution is -2.07. The van der Waals surface area contributed by atoms with Gasteiger partial charge in [0.2, 0.25) is 0 Å². The minimum Gasteiger partial charge on any atom is -0.487 e. The molecular formula is C14H11IOS. The molecule has 2 aromatic carbocycles. The Kier molecular flexibility index (Phi) is 3.04. The quantitative estimate of drug-likeness (QED) is 0.687. The maximum atomic E-state index is 5.90. The molecule has 0 atom stereocenters. The van der Waals surface area contributed by atoms with Gasteiger partial charge in [-0.15, -0.1) is 11.8 Å². The highest BCUT2D eigenvalue weighted by atomic mass is 127. The van der Waals surface area contributed by atoms with E-state index in [1.165, 1.54) is 24.8 Å². The second kappa shape index (κ2) is 4.53. The van der Waals surface area contributed by atoms with Crippen molar-refractivity contribution in [1.29, 1.82) is 0 Å². The van der Waals surface area contributed by atoms with Crippen LogP contribution in [-0.2, 0) is 0 Å². The summed E-state index contributed by atoms with van der Waals surface area (Å²) >= 11 is 4.17. The third-order valence-corrected chi connectivity index (χ3v) is 5.01. The number of hydrogen-bond acceptors (Lipinski definition) is 2. The average molecular weight is 354 g/mol. The van der Waals surface area contributed by atoms with Crippen LogP contribution in [0, 0.1) is 0 Å². The molecule has 3 rings (SSSR count). The van der Waals surface area contributed by atoms with Crippen LogP contribution in [0.4, 0.5) is 0 Å². The highest BCUT2D eigenvalue weighted by Crippen LogP contribution is 2.44. The summed E-state index contributed by atoms with van der Waals surface area (Å²) in [6, 6.07) is 12.7. The number of halogens is 1. The van der Waals surface area contributed by atoms with Crippen molar-refractivity contribution >= 4 is 50.0 Å². The van der Waals surface area contributed by atoms with Crippen LogP contribution in [0.3, 0.4) is 0 Å². The van der Waals surface area contributed by atoms with Gasteiger partial charge >= 0.3 is 0 Å². The first-order valence-electron chi connectivity index (χ1n) is 5.39. The van der Waals surface area contributed by atoms with E-state index in [0.717, 1.165) is 5.75 Å². The van der Waals surface area contributed by atoms with Crippen LogP contribution >= 0.6 is 34.4 Å². The van der Waals surface area contributed by atoms with Gasteiger partial charge < -0.3 is 4.74 Å². The number of thioether (sulfide) groups is 1. The van der Waals surface area contributed by atoms with Crippen molar-refractivity contribution in [1.82, 2.24) is 0 Å². The normalized spacial score (nSPS) is 14.7. The van der Waals surface area contributed by atoms with E-state index in [1.807, 2.05) is 0 Å². The molecule has 0 radical (unpaired) electrons. The van der Waals surface area contributed by atoms with Crippen LogP contribution in [-0.4, -0.2) is 12.9 Å². The van der Waals surface area contributed by atoms with Crippen LogP contribution in [0.25, 0.3) is 15.7 Å². The first-order chi connectivity index (χ1) is 8.31. The highest BCUT2D eigenvalue weighted by molar-refractivity contribution is 14.1. The van der Waals surface area contributed by atoms with Crippen LogP contribution in [0.1, 0.15) is 5.56 Å². The zero-order chi connectivity index (χ0) is 11.8. The first kappa shape index (κ1) is 11.4. The maximum Gasteiger partial charge on any atom is 0.136 e. The molecule has 86 valence electrons. The van der Waals surface area contributed by atoms with Gasteiger partial charge in [0.05, 0.1) is 0 Å². The van der Waals surface area contributed by atoms with Crippen LogP contribution < -0.4 is 4.74 Å². The minimum atomic E-state index is 0.692. The highest BCUT2D eigenvalue weighted by Gasteiger charge is 2.19. The van der Waals surface area contributed by atoms with Gasteiger partial charge in [0.15, 0.2) is 0 Å². The van der Waals surface area contributed by atoms with Gasteiger partial charge in [0.1, 0.15) is 12.4 Å². The lowest BCUT2D eigenvalue weighted by molar-refractivity contribution is 0.361. The van der Waals surface area contributed by atoms with Crippen molar-refractivity contribution in [3.05, 3.63) is 45.5 Å². The van der Waals surface area contributed by atoms with E-state index in [-0.39, 0.29) is 0 Å². The Balaban J connectivity index is 2.33. The Hall–Kier alpha value is -0.680. The van der Waals surface area contributed by atoms with Gasteiger partial charge in [-0.3, -0.25) is 0 Å². The molecule has 2 aromatic rings. The number of fused-ring (bicyclic) bond motifs is 3. The molecule has 0 aromatic heterocycles. The van der Waals surface area contributed by atoms with Crippen molar-refractivity contribution in [2.45, 2.75) is 0 Å². The molecule has 0 N–H and O–H groups in total. The summed E-state index contributed by atoms with van der Waals surface area (Å²) in [6.07, 6.45) is 2.12. The summed E-state index contributed by atoms with van der Waals surface area (Å²) in [5.74, 6) is 1.04. The first-order valence-corrected chi connectivity index (χ1v) is 7.69. The molecule has 0 fully saturated rings.